The summed E-state index contributed by atoms with van der Waals surface area (Å²) < 4.78 is 33.0. The molecular formula is C8H5ClFNO2S. The van der Waals surface area contributed by atoms with Gasteiger partial charge in [-0.15, -0.1) is 3.89 Å². The van der Waals surface area contributed by atoms with Crippen molar-refractivity contribution in [1.29, 1.82) is 5.26 Å². The number of hydrogen-bond donors (Lipinski definition) is 0. The predicted molar refractivity (Wildman–Crippen MR) is 49.9 cm³/mol. The second kappa shape index (κ2) is 3.95. The molecule has 0 heterocycles. The summed E-state index contributed by atoms with van der Waals surface area (Å²) >= 11 is 5.57. The topological polar surface area (TPSA) is 57.9 Å². The van der Waals surface area contributed by atoms with E-state index >= 15 is 0 Å². The van der Waals surface area contributed by atoms with Crippen LogP contribution in [0.1, 0.15) is 11.1 Å². The number of halogens is 2. The van der Waals surface area contributed by atoms with Crippen LogP contribution in [-0.2, 0) is 16.0 Å². The summed E-state index contributed by atoms with van der Waals surface area (Å²) in [6.45, 7) is 0. The number of nitrogens with zero attached hydrogens (tertiary/aromatic N) is 1. The van der Waals surface area contributed by atoms with Crippen LogP contribution in [0.5, 0.6) is 0 Å². The van der Waals surface area contributed by atoms with Crippen LogP contribution in [0, 0.1) is 11.3 Å². The maximum Gasteiger partial charge on any atom is 0.306 e. The summed E-state index contributed by atoms with van der Waals surface area (Å²) in [5.74, 6) is -0.799. The van der Waals surface area contributed by atoms with Crippen molar-refractivity contribution in [2.24, 2.45) is 0 Å². The molecule has 0 saturated heterocycles. The minimum atomic E-state index is -4.62. The molecule has 0 aliphatic carbocycles. The number of nitriles is 1. The second-order valence-electron chi connectivity index (χ2n) is 2.60. The van der Waals surface area contributed by atoms with Crippen molar-refractivity contribution in [3.8, 4) is 6.07 Å². The third-order valence-corrected chi connectivity index (χ3v) is 2.41. The van der Waals surface area contributed by atoms with Crippen molar-refractivity contribution in [1.82, 2.24) is 0 Å². The molecule has 0 amide bonds. The molecule has 0 spiro atoms. The molecule has 0 radical (unpaired) electrons. The third kappa shape index (κ3) is 2.98. The fourth-order valence-electron chi connectivity index (χ4n) is 0.964. The maximum absolute atomic E-state index is 12.3. The van der Waals surface area contributed by atoms with Crippen molar-refractivity contribution in [3.05, 3.63) is 34.3 Å². The van der Waals surface area contributed by atoms with Gasteiger partial charge in [0.25, 0.3) is 0 Å². The lowest BCUT2D eigenvalue weighted by Gasteiger charge is -2.00. The largest absolute Gasteiger partial charge is 0.306 e. The summed E-state index contributed by atoms with van der Waals surface area (Å²) in [7, 11) is -4.62. The van der Waals surface area contributed by atoms with Crippen LogP contribution in [0.4, 0.5) is 3.89 Å². The number of rotatable bonds is 2. The second-order valence-corrected chi connectivity index (χ2v) is 4.40. The Balaban J connectivity index is 3.17. The molecule has 0 N–H and O–H groups in total. The van der Waals surface area contributed by atoms with Crippen molar-refractivity contribution < 1.29 is 12.3 Å². The smallest absolute Gasteiger partial charge is 0.194 e. The molecule has 0 saturated carbocycles. The lowest BCUT2D eigenvalue weighted by molar-refractivity contribution is 0.551. The Hall–Kier alpha value is -1.12. The molecule has 3 nitrogen and oxygen atoms in total. The molecule has 6 heteroatoms. The molecule has 0 aliphatic heterocycles. The Bertz CT molecular complexity index is 493. The lowest BCUT2D eigenvalue weighted by atomic mass is 10.1. The van der Waals surface area contributed by atoms with Gasteiger partial charge in [0, 0.05) is 5.02 Å². The molecule has 0 unspecified atom stereocenters. The molecular weight excluding hydrogens is 229 g/mol. The van der Waals surface area contributed by atoms with E-state index in [1.54, 1.807) is 6.07 Å². The van der Waals surface area contributed by atoms with Gasteiger partial charge in [0.2, 0.25) is 0 Å². The van der Waals surface area contributed by atoms with E-state index in [0.717, 1.165) is 0 Å². The lowest BCUT2D eigenvalue weighted by Crippen LogP contribution is -1.98. The molecule has 14 heavy (non-hydrogen) atoms. The van der Waals surface area contributed by atoms with Gasteiger partial charge >= 0.3 is 10.2 Å². The number of hydrogen-bond acceptors (Lipinski definition) is 3. The average Bonchev–Trinajstić information content (AvgIpc) is 2.06. The first kappa shape index (κ1) is 11.0. The van der Waals surface area contributed by atoms with E-state index in [-0.39, 0.29) is 11.1 Å². The van der Waals surface area contributed by atoms with Crippen LogP contribution in [0.15, 0.2) is 18.2 Å². The van der Waals surface area contributed by atoms with E-state index in [1.807, 2.05) is 0 Å². The van der Waals surface area contributed by atoms with Crippen molar-refractivity contribution in [3.63, 3.8) is 0 Å². The molecule has 1 rings (SSSR count). The van der Waals surface area contributed by atoms with Crippen LogP contribution in [-0.4, -0.2) is 8.42 Å². The van der Waals surface area contributed by atoms with Crippen LogP contribution >= 0.6 is 11.6 Å². The van der Waals surface area contributed by atoms with Crippen LogP contribution in [0.25, 0.3) is 0 Å². The summed E-state index contributed by atoms with van der Waals surface area (Å²) in [6, 6.07) is 5.76. The first-order valence-electron chi connectivity index (χ1n) is 3.53. The zero-order chi connectivity index (χ0) is 10.8. The summed E-state index contributed by atoms with van der Waals surface area (Å²) in [4.78, 5) is 0. The van der Waals surface area contributed by atoms with E-state index in [0.29, 0.717) is 5.02 Å². The molecule has 74 valence electrons. The van der Waals surface area contributed by atoms with Gasteiger partial charge < -0.3 is 0 Å². The summed E-state index contributed by atoms with van der Waals surface area (Å²) in [5.41, 5.74) is 0.179. The number of benzene rings is 1. The van der Waals surface area contributed by atoms with Crippen molar-refractivity contribution in [2.75, 3.05) is 0 Å². The van der Waals surface area contributed by atoms with Gasteiger partial charge in [-0.1, -0.05) is 17.7 Å². The van der Waals surface area contributed by atoms with E-state index in [4.69, 9.17) is 16.9 Å². The van der Waals surface area contributed by atoms with Gasteiger partial charge in [-0.05, 0) is 17.7 Å². The Morgan fingerprint density at radius 1 is 1.50 bits per heavy atom. The highest BCUT2D eigenvalue weighted by Gasteiger charge is 2.12. The Kier molecular flexibility index (Phi) is 3.09. The van der Waals surface area contributed by atoms with Crippen molar-refractivity contribution >= 4 is 21.8 Å². The SMILES string of the molecule is N#Cc1cc(Cl)ccc1CS(=O)(=O)F. The van der Waals surface area contributed by atoms with E-state index in [9.17, 15) is 12.3 Å². The monoisotopic (exact) mass is 233 g/mol. The third-order valence-electron chi connectivity index (χ3n) is 1.52. The van der Waals surface area contributed by atoms with Crippen LogP contribution in [0.3, 0.4) is 0 Å². The molecule has 0 fully saturated rings. The van der Waals surface area contributed by atoms with Gasteiger partial charge in [0.1, 0.15) is 5.75 Å². The summed E-state index contributed by atoms with van der Waals surface area (Å²) in [5, 5.41) is 8.92. The standard InChI is InChI=1S/C8H5ClFNO2S/c9-8-2-1-6(5-14(10,12)13)7(3-8)4-11/h1-3H,5H2. The van der Waals surface area contributed by atoms with E-state index in [1.165, 1.54) is 18.2 Å². The highest BCUT2D eigenvalue weighted by atomic mass is 35.5. The highest BCUT2D eigenvalue weighted by molar-refractivity contribution is 7.85. The average molecular weight is 234 g/mol. The Morgan fingerprint density at radius 3 is 2.64 bits per heavy atom. The van der Waals surface area contributed by atoms with Crippen molar-refractivity contribution in [2.45, 2.75) is 5.75 Å². The van der Waals surface area contributed by atoms with Gasteiger partial charge in [-0.2, -0.15) is 13.7 Å². The zero-order valence-electron chi connectivity index (χ0n) is 6.87. The predicted octanol–water partition coefficient (Wildman–Crippen LogP) is 2.01. The Morgan fingerprint density at radius 2 is 2.14 bits per heavy atom. The molecule has 0 bridgehead atoms. The molecule has 1 aromatic carbocycles. The van der Waals surface area contributed by atoms with Gasteiger partial charge in [0.15, 0.2) is 0 Å². The quantitative estimate of drug-likeness (QED) is 0.735. The first-order chi connectivity index (χ1) is 6.42. The van der Waals surface area contributed by atoms with Gasteiger partial charge in [0.05, 0.1) is 11.6 Å². The van der Waals surface area contributed by atoms with E-state index < -0.39 is 16.0 Å². The van der Waals surface area contributed by atoms with Crippen LogP contribution < -0.4 is 0 Å². The normalized spacial score (nSPS) is 10.9. The van der Waals surface area contributed by atoms with Crippen LogP contribution in [0.2, 0.25) is 5.02 Å². The molecule has 0 atom stereocenters. The molecule has 0 aliphatic rings. The van der Waals surface area contributed by atoms with Gasteiger partial charge in [-0.25, -0.2) is 0 Å². The highest BCUT2D eigenvalue weighted by Crippen LogP contribution is 2.17. The van der Waals surface area contributed by atoms with Gasteiger partial charge in [-0.3, -0.25) is 0 Å². The zero-order valence-corrected chi connectivity index (χ0v) is 8.44. The first-order valence-corrected chi connectivity index (χ1v) is 5.46. The molecule has 1 aromatic rings. The Labute approximate surface area is 85.9 Å². The fourth-order valence-corrected chi connectivity index (χ4v) is 1.76. The summed E-state index contributed by atoms with van der Waals surface area (Å²) in [6.07, 6.45) is 0. The minimum absolute atomic E-state index is 0.0683. The minimum Gasteiger partial charge on any atom is -0.194 e. The molecule has 0 aromatic heterocycles. The maximum atomic E-state index is 12.3. The fraction of sp³-hybridized carbons (Fsp3) is 0.125. The van der Waals surface area contributed by atoms with E-state index in [2.05, 4.69) is 0 Å².